The fraction of sp³-hybridized carbons (Fsp3) is 0.222. The average Bonchev–Trinajstić information content (AvgIpc) is 2.62. The van der Waals surface area contributed by atoms with Crippen molar-refractivity contribution in [1.29, 1.82) is 0 Å². The zero-order valence-electron chi connectivity index (χ0n) is 15.0. The Morgan fingerprint density at radius 3 is 2.00 bits per heavy atom. The number of sulfonamides is 2. The van der Waals surface area contributed by atoms with Crippen molar-refractivity contribution in [2.24, 2.45) is 0 Å². The second-order valence-corrected chi connectivity index (χ2v) is 9.56. The Hall–Kier alpha value is -1.87. The molecule has 0 aliphatic carbocycles. The van der Waals surface area contributed by atoms with Crippen LogP contribution in [0.4, 0.5) is 5.69 Å². The molecule has 1 N–H and O–H groups in total. The van der Waals surface area contributed by atoms with Gasteiger partial charge in [0.2, 0.25) is 10.0 Å². The summed E-state index contributed by atoms with van der Waals surface area (Å²) in [5.74, 6) is 0. The molecule has 0 saturated heterocycles. The van der Waals surface area contributed by atoms with Gasteiger partial charge in [-0.05, 0) is 48.0 Å². The van der Waals surface area contributed by atoms with E-state index in [1.54, 1.807) is 38.1 Å². The molecule has 0 unspecified atom stereocenters. The third-order valence-corrected chi connectivity index (χ3v) is 7.10. The van der Waals surface area contributed by atoms with Crippen molar-refractivity contribution in [3.8, 4) is 0 Å². The second kappa shape index (κ2) is 8.88. The van der Waals surface area contributed by atoms with Crippen LogP contribution in [0.3, 0.4) is 0 Å². The number of anilines is 1. The summed E-state index contributed by atoms with van der Waals surface area (Å²) in [6.45, 7) is 4.25. The third-order valence-electron chi connectivity index (χ3n) is 3.77. The van der Waals surface area contributed by atoms with Crippen LogP contribution >= 0.6 is 11.6 Å². The minimum Gasteiger partial charge on any atom is -0.280 e. The highest BCUT2D eigenvalue weighted by molar-refractivity contribution is 7.95. The molecule has 0 fully saturated rings. The number of rotatable bonds is 8. The first-order chi connectivity index (χ1) is 12.7. The Morgan fingerprint density at radius 1 is 0.926 bits per heavy atom. The van der Waals surface area contributed by atoms with E-state index in [0.29, 0.717) is 23.7 Å². The van der Waals surface area contributed by atoms with Crippen LogP contribution in [-0.4, -0.2) is 34.2 Å². The van der Waals surface area contributed by atoms with Gasteiger partial charge in [0, 0.05) is 23.8 Å². The van der Waals surface area contributed by atoms with Crippen LogP contribution in [0.15, 0.2) is 58.8 Å². The molecule has 2 aromatic rings. The van der Waals surface area contributed by atoms with Crippen LogP contribution in [-0.2, 0) is 20.0 Å². The summed E-state index contributed by atoms with van der Waals surface area (Å²) >= 11 is 5.79. The van der Waals surface area contributed by atoms with E-state index in [4.69, 9.17) is 11.6 Å². The Labute approximate surface area is 165 Å². The molecule has 0 radical (unpaired) electrons. The molecule has 0 saturated carbocycles. The monoisotopic (exact) mass is 428 g/mol. The lowest BCUT2D eigenvalue weighted by Crippen LogP contribution is -2.30. The van der Waals surface area contributed by atoms with Crippen LogP contribution in [0.25, 0.3) is 6.08 Å². The van der Waals surface area contributed by atoms with Crippen LogP contribution in [0.2, 0.25) is 5.02 Å². The average molecular weight is 429 g/mol. The van der Waals surface area contributed by atoms with Crippen LogP contribution in [0, 0.1) is 0 Å². The fourth-order valence-electron chi connectivity index (χ4n) is 2.35. The zero-order valence-corrected chi connectivity index (χ0v) is 17.4. The van der Waals surface area contributed by atoms with E-state index in [1.807, 2.05) is 0 Å². The van der Waals surface area contributed by atoms with E-state index in [1.165, 1.54) is 34.6 Å². The quantitative estimate of drug-likeness (QED) is 0.693. The Balaban J connectivity index is 2.14. The van der Waals surface area contributed by atoms with Crippen LogP contribution in [0.1, 0.15) is 19.4 Å². The number of hydrogen-bond donors (Lipinski definition) is 1. The van der Waals surface area contributed by atoms with Gasteiger partial charge in [-0.25, -0.2) is 16.8 Å². The first-order valence-electron chi connectivity index (χ1n) is 8.24. The first kappa shape index (κ1) is 21.4. The summed E-state index contributed by atoms with van der Waals surface area (Å²) in [7, 11) is -7.32. The molecule has 9 heteroatoms. The molecule has 0 amide bonds. The van der Waals surface area contributed by atoms with Gasteiger partial charge in [-0.1, -0.05) is 37.6 Å². The minimum atomic E-state index is -3.74. The normalized spacial score (nSPS) is 12.6. The van der Waals surface area contributed by atoms with Gasteiger partial charge in [0.05, 0.1) is 10.3 Å². The predicted molar refractivity (Wildman–Crippen MR) is 110 cm³/mol. The number of halogens is 1. The number of nitrogens with zero attached hydrogens (tertiary/aromatic N) is 1. The third kappa shape index (κ3) is 5.80. The Morgan fingerprint density at radius 2 is 1.48 bits per heavy atom. The summed E-state index contributed by atoms with van der Waals surface area (Å²) in [5.41, 5.74) is 0.958. The first-order valence-corrected chi connectivity index (χ1v) is 11.6. The summed E-state index contributed by atoms with van der Waals surface area (Å²) in [4.78, 5) is 0.117. The van der Waals surface area contributed by atoms with Crippen molar-refractivity contribution in [1.82, 2.24) is 4.31 Å². The maximum atomic E-state index is 12.4. The number of nitrogens with one attached hydrogen (secondary N) is 1. The molecule has 2 aromatic carbocycles. The van der Waals surface area contributed by atoms with Gasteiger partial charge in [0.15, 0.2) is 0 Å². The van der Waals surface area contributed by atoms with E-state index >= 15 is 0 Å². The molecule has 0 heterocycles. The lowest BCUT2D eigenvalue weighted by molar-refractivity contribution is 0.445. The standard InChI is InChI=1S/C18H21ClN2O4S2/c1-3-21(4-2)27(24,25)18-11-9-17(10-12-18)20-26(22,23)14-13-15-5-7-16(19)8-6-15/h5-14,20H,3-4H2,1-2H3/b14-13+. The smallest absolute Gasteiger partial charge is 0.255 e. The van der Waals surface area contributed by atoms with Crippen LogP contribution in [0.5, 0.6) is 0 Å². The highest BCUT2D eigenvalue weighted by Crippen LogP contribution is 2.19. The van der Waals surface area contributed by atoms with Crippen molar-refractivity contribution in [3.05, 3.63) is 64.5 Å². The Bertz CT molecular complexity index is 996. The fourth-order valence-corrected chi connectivity index (χ4v) is 4.80. The van der Waals surface area contributed by atoms with Gasteiger partial charge in [0.25, 0.3) is 10.0 Å². The topological polar surface area (TPSA) is 83.6 Å². The molecule has 0 bridgehead atoms. The summed E-state index contributed by atoms with van der Waals surface area (Å²) < 4.78 is 52.9. The molecule has 27 heavy (non-hydrogen) atoms. The molecule has 2 rings (SSSR count). The number of benzene rings is 2. The second-order valence-electron chi connectivity index (χ2n) is 5.62. The lowest BCUT2D eigenvalue weighted by atomic mass is 10.2. The molecule has 0 aliphatic rings. The van der Waals surface area contributed by atoms with Crippen molar-refractivity contribution in [2.45, 2.75) is 18.7 Å². The van der Waals surface area contributed by atoms with Crippen molar-refractivity contribution >= 4 is 43.4 Å². The van der Waals surface area contributed by atoms with E-state index in [9.17, 15) is 16.8 Å². The van der Waals surface area contributed by atoms with Gasteiger partial charge in [-0.2, -0.15) is 4.31 Å². The van der Waals surface area contributed by atoms with Gasteiger partial charge in [-0.15, -0.1) is 0 Å². The summed E-state index contributed by atoms with van der Waals surface area (Å²) in [5, 5.41) is 1.60. The maximum absolute atomic E-state index is 12.4. The van der Waals surface area contributed by atoms with Crippen molar-refractivity contribution in [2.75, 3.05) is 17.8 Å². The molecule has 0 aromatic heterocycles. The number of hydrogen-bond acceptors (Lipinski definition) is 4. The van der Waals surface area contributed by atoms with E-state index in [-0.39, 0.29) is 10.6 Å². The highest BCUT2D eigenvalue weighted by atomic mass is 35.5. The minimum absolute atomic E-state index is 0.117. The van der Waals surface area contributed by atoms with E-state index in [2.05, 4.69) is 4.72 Å². The molecular formula is C18H21ClN2O4S2. The van der Waals surface area contributed by atoms with Gasteiger partial charge in [-0.3, -0.25) is 4.72 Å². The molecule has 146 valence electrons. The predicted octanol–water partition coefficient (Wildman–Crippen LogP) is 3.78. The largest absolute Gasteiger partial charge is 0.280 e. The molecular weight excluding hydrogens is 408 g/mol. The molecule has 6 nitrogen and oxygen atoms in total. The molecule has 0 aliphatic heterocycles. The Kier molecular flexibility index (Phi) is 7.05. The van der Waals surface area contributed by atoms with Gasteiger partial charge < -0.3 is 0 Å². The highest BCUT2D eigenvalue weighted by Gasteiger charge is 2.21. The van der Waals surface area contributed by atoms with Crippen molar-refractivity contribution < 1.29 is 16.8 Å². The summed E-state index contributed by atoms with van der Waals surface area (Å²) in [6.07, 6.45) is 1.44. The lowest BCUT2D eigenvalue weighted by Gasteiger charge is -2.18. The van der Waals surface area contributed by atoms with E-state index < -0.39 is 20.0 Å². The van der Waals surface area contributed by atoms with Crippen molar-refractivity contribution in [3.63, 3.8) is 0 Å². The van der Waals surface area contributed by atoms with E-state index in [0.717, 1.165) is 5.41 Å². The van der Waals surface area contributed by atoms with Gasteiger partial charge >= 0.3 is 0 Å². The zero-order chi connectivity index (χ0) is 20.1. The molecule has 0 spiro atoms. The van der Waals surface area contributed by atoms with Gasteiger partial charge in [0.1, 0.15) is 0 Å². The molecule has 0 atom stereocenters. The summed E-state index contributed by atoms with van der Waals surface area (Å²) in [6, 6.07) is 12.3. The SMILES string of the molecule is CCN(CC)S(=O)(=O)c1ccc(NS(=O)(=O)/C=C/c2ccc(Cl)cc2)cc1. The van der Waals surface area contributed by atoms with Crippen LogP contribution < -0.4 is 4.72 Å². The maximum Gasteiger partial charge on any atom is 0.255 e.